The first-order valence-corrected chi connectivity index (χ1v) is 10.3. The second-order valence-corrected chi connectivity index (χ2v) is 8.88. The van der Waals surface area contributed by atoms with Crippen molar-refractivity contribution in [3.8, 4) is 0 Å². The van der Waals surface area contributed by atoms with E-state index in [1.165, 1.54) is 34.5 Å². The molecule has 0 spiro atoms. The molecule has 0 unspecified atom stereocenters. The van der Waals surface area contributed by atoms with Gasteiger partial charge in [0.1, 0.15) is 0 Å². The zero-order valence-corrected chi connectivity index (χ0v) is 16.9. The normalized spacial score (nSPS) is 19.4. The van der Waals surface area contributed by atoms with Crippen LogP contribution < -0.4 is 10.3 Å². The van der Waals surface area contributed by atoms with Gasteiger partial charge in [-0.1, -0.05) is 32.0 Å². The molecule has 4 nitrogen and oxygen atoms in total. The molecule has 27 heavy (non-hydrogen) atoms. The van der Waals surface area contributed by atoms with E-state index in [1.54, 1.807) is 17.6 Å². The number of carbonyl (C=O) groups excluding carboxylic acids is 1. The van der Waals surface area contributed by atoms with E-state index >= 15 is 0 Å². The number of hydrazone groups is 1. The van der Waals surface area contributed by atoms with E-state index in [9.17, 15) is 4.79 Å². The predicted molar refractivity (Wildman–Crippen MR) is 113 cm³/mol. The summed E-state index contributed by atoms with van der Waals surface area (Å²) in [6.07, 6.45) is 8.32. The van der Waals surface area contributed by atoms with E-state index in [2.05, 4.69) is 60.6 Å². The molecule has 2 aromatic rings. The van der Waals surface area contributed by atoms with Gasteiger partial charge < -0.3 is 4.90 Å². The average molecular weight is 380 g/mol. The van der Waals surface area contributed by atoms with Crippen molar-refractivity contribution in [2.24, 2.45) is 5.10 Å². The van der Waals surface area contributed by atoms with Crippen molar-refractivity contribution in [3.05, 3.63) is 63.0 Å². The highest BCUT2D eigenvalue weighted by Crippen LogP contribution is 2.46. The molecule has 0 fully saturated rings. The second-order valence-electron chi connectivity index (χ2n) is 7.74. The summed E-state index contributed by atoms with van der Waals surface area (Å²) in [4.78, 5) is 16.7. The van der Waals surface area contributed by atoms with Crippen molar-refractivity contribution in [3.63, 3.8) is 0 Å². The Labute approximate surface area is 164 Å². The van der Waals surface area contributed by atoms with Crippen LogP contribution in [0.5, 0.6) is 0 Å². The van der Waals surface area contributed by atoms with E-state index < -0.39 is 0 Å². The summed E-state index contributed by atoms with van der Waals surface area (Å²) >= 11 is 1.61. The maximum absolute atomic E-state index is 12.4. The fraction of sp³-hybridized carbons (Fsp3) is 0.364. The number of carbonyl (C=O) groups is 1. The van der Waals surface area contributed by atoms with Crippen molar-refractivity contribution >= 4 is 29.1 Å². The molecule has 0 radical (unpaired) electrons. The van der Waals surface area contributed by atoms with Crippen LogP contribution in [-0.4, -0.2) is 19.2 Å². The molecule has 1 amide bonds. The lowest BCUT2D eigenvalue weighted by atomic mass is 9.84. The zero-order chi connectivity index (χ0) is 19.0. The first-order chi connectivity index (χ1) is 13.0. The van der Waals surface area contributed by atoms with E-state index in [0.29, 0.717) is 0 Å². The number of nitrogens with zero attached hydrogens (tertiary/aromatic N) is 2. The van der Waals surface area contributed by atoms with Crippen LogP contribution >= 0.6 is 11.3 Å². The van der Waals surface area contributed by atoms with Crippen LogP contribution in [0.3, 0.4) is 0 Å². The van der Waals surface area contributed by atoms with Gasteiger partial charge in [-0.2, -0.15) is 5.10 Å². The largest absolute Gasteiger partial charge is 0.347 e. The third kappa shape index (κ3) is 3.21. The SMILES string of the molecule is CN1/C(=C\C=N\NC(=O)c2cc3c(s2)CCCC3)C(C)(C)c2ccccc21. The van der Waals surface area contributed by atoms with Gasteiger partial charge in [0.05, 0.1) is 4.88 Å². The monoisotopic (exact) mass is 379 g/mol. The van der Waals surface area contributed by atoms with Crippen LogP contribution in [0, 0.1) is 0 Å². The number of amides is 1. The maximum atomic E-state index is 12.4. The lowest BCUT2D eigenvalue weighted by Gasteiger charge is -2.23. The van der Waals surface area contributed by atoms with E-state index in [4.69, 9.17) is 0 Å². The zero-order valence-electron chi connectivity index (χ0n) is 16.1. The Morgan fingerprint density at radius 2 is 2.04 bits per heavy atom. The van der Waals surface area contributed by atoms with Crippen molar-refractivity contribution < 1.29 is 4.79 Å². The number of allylic oxidation sites excluding steroid dienone is 2. The Bertz CT molecular complexity index is 915. The summed E-state index contributed by atoms with van der Waals surface area (Å²) in [5, 5.41) is 4.16. The predicted octanol–water partition coefficient (Wildman–Crippen LogP) is 4.65. The van der Waals surface area contributed by atoms with Crippen molar-refractivity contribution in [2.75, 3.05) is 11.9 Å². The Morgan fingerprint density at radius 3 is 2.81 bits per heavy atom. The van der Waals surface area contributed by atoms with Gasteiger partial charge in [-0.05, 0) is 55.0 Å². The van der Waals surface area contributed by atoms with Gasteiger partial charge in [-0.25, -0.2) is 5.43 Å². The number of fused-ring (bicyclic) bond motifs is 2. The minimum atomic E-state index is -0.119. The molecular formula is C22H25N3OS. The molecule has 1 aliphatic heterocycles. The molecule has 0 atom stereocenters. The number of nitrogens with one attached hydrogen (secondary N) is 1. The van der Waals surface area contributed by atoms with Crippen LogP contribution in [0.2, 0.25) is 0 Å². The van der Waals surface area contributed by atoms with Gasteiger partial charge >= 0.3 is 0 Å². The summed E-state index contributed by atoms with van der Waals surface area (Å²) in [5.74, 6) is -0.119. The highest BCUT2D eigenvalue weighted by atomic mass is 32.1. The topological polar surface area (TPSA) is 44.7 Å². The lowest BCUT2D eigenvalue weighted by molar-refractivity contribution is 0.0959. The molecule has 0 saturated heterocycles. The van der Waals surface area contributed by atoms with E-state index in [0.717, 1.165) is 23.4 Å². The molecular weight excluding hydrogens is 354 g/mol. The van der Waals surface area contributed by atoms with Crippen LogP contribution in [0.25, 0.3) is 0 Å². The fourth-order valence-electron chi connectivity index (χ4n) is 4.16. The Balaban J connectivity index is 1.46. The van der Waals surface area contributed by atoms with Crippen molar-refractivity contribution in [1.82, 2.24) is 5.43 Å². The van der Waals surface area contributed by atoms with Crippen LogP contribution in [0.15, 0.2) is 47.2 Å². The molecule has 1 N–H and O–H groups in total. The van der Waals surface area contributed by atoms with Gasteiger partial charge in [-0.15, -0.1) is 11.3 Å². The molecule has 140 valence electrons. The van der Waals surface area contributed by atoms with Crippen LogP contribution in [-0.2, 0) is 18.3 Å². The number of anilines is 1. The Kier molecular flexibility index (Phi) is 4.64. The summed E-state index contributed by atoms with van der Waals surface area (Å²) < 4.78 is 0. The van der Waals surface area contributed by atoms with Gasteiger partial charge in [0.2, 0.25) is 0 Å². The van der Waals surface area contributed by atoms with Crippen molar-refractivity contribution in [2.45, 2.75) is 44.9 Å². The summed E-state index contributed by atoms with van der Waals surface area (Å²) in [7, 11) is 2.07. The molecule has 0 saturated carbocycles. The molecule has 4 rings (SSSR count). The molecule has 1 aromatic heterocycles. The van der Waals surface area contributed by atoms with Gasteiger partial charge in [0, 0.05) is 34.9 Å². The fourth-order valence-corrected chi connectivity index (χ4v) is 5.31. The van der Waals surface area contributed by atoms with E-state index in [-0.39, 0.29) is 11.3 Å². The highest BCUT2D eigenvalue weighted by molar-refractivity contribution is 7.14. The van der Waals surface area contributed by atoms with Crippen LogP contribution in [0.1, 0.15) is 52.4 Å². The minimum Gasteiger partial charge on any atom is -0.347 e. The number of likely N-dealkylation sites (N-methyl/N-ethyl adjacent to an activating group) is 1. The summed E-state index contributed by atoms with van der Waals surface area (Å²) in [6, 6.07) is 10.5. The number of para-hydroxylation sites is 1. The van der Waals surface area contributed by atoms with Gasteiger partial charge in [0.25, 0.3) is 5.91 Å². The number of benzene rings is 1. The Hall–Kier alpha value is -2.40. The second kappa shape index (κ2) is 6.97. The number of thiophene rings is 1. The highest BCUT2D eigenvalue weighted by Gasteiger charge is 2.37. The minimum absolute atomic E-state index is 0.0891. The lowest BCUT2D eigenvalue weighted by Crippen LogP contribution is -2.23. The number of hydrogen-bond acceptors (Lipinski definition) is 4. The average Bonchev–Trinajstić information content (AvgIpc) is 3.18. The third-order valence-electron chi connectivity index (χ3n) is 5.63. The van der Waals surface area contributed by atoms with Gasteiger partial charge in [0.15, 0.2) is 0 Å². The first kappa shape index (κ1) is 18.0. The smallest absolute Gasteiger partial charge is 0.281 e. The van der Waals surface area contributed by atoms with Crippen LogP contribution in [0.4, 0.5) is 5.69 Å². The standard InChI is InChI=1S/C22H25N3OS/c1-22(2)16-9-5-6-10-17(16)25(3)20(22)12-13-23-24-21(26)19-14-15-8-4-7-11-18(15)27-19/h5-6,9-10,12-14H,4,7-8,11H2,1-3H3,(H,24,26)/b20-12-,23-13+. The third-order valence-corrected chi connectivity index (χ3v) is 6.87. The van der Waals surface area contributed by atoms with Gasteiger partial charge in [-0.3, -0.25) is 4.79 Å². The number of aryl methyl sites for hydroxylation is 2. The molecule has 2 heterocycles. The van der Waals surface area contributed by atoms with Crippen molar-refractivity contribution in [1.29, 1.82) is 0 Å². The molecule has 0 bridgehead atoms. The summed E-state index contributed by atoms with van der Waals surface area (Å²) in [5.41, 5.74) is 7.61. The number of rotatable bonds is 3. The van der Waals surface area contributed by atoms with E-state index in [1.807, 2.05) is 12.1 Å². The molecule has 2 aliphatic rings. The summed E-state index contributed by atoms with van der Waals surface area (Å²) in [6.45, 7) is 4.42. The first-order valence-electron chi connectivity index (χ1n) is 9.47. The quantitative estimate of drug-likeness (QED) is 0.623. The molecule has 5 heteroatoms. The number of hydrogen-bond donors (Lipinski definition) is 1. The molecule has 1 aromatic carbocycles. The Morgan fingerprint density at radius 1 is 1.26 bits per heavy atom. The maximum Gasteiger partial charge on any atom is 0.281 e. The molecule has 1 aliphatic carbocycles.